The number of nitrogens with two attached hydrogens (primary N) is 1. The smallest absolute Gasteiger partial charge is 0.254 e. The molecule has 0 radical (unpaired) electrons. The second kappa shape index (κ2) is 5.23. The number of aromatic nitrogens is 4. The summed E-state index contributed by atoms with van der Waals surface area (Å²) in [6.45, 7) is 0.354. The lowest BCUT2D eigenvalue weighted by Gasteiger charge is -2.15. The van der Waals surface area contributed by atoms with Crippen molar-refractivity contribution in [2.45, 2.75) is 6.54 Å². The molecule has 0 saturated carbocycles. The number of nitrogens with zero attached hydrogens (tertiary/aromatic N) is 4. The maximum absolute atomic E-state index is 12.1. The van der Waals surface area contributed by atoms with Crippen LogP contribution >= 0.6 is 0 Å². The maximum atomic E-state index is 12.1. The third-order valence-corrected chi connectivity index (χ3v) is 2.35. The molecule has 2 heterocycles. The predicted molar refractivity (Wildman–Crippen MR) is 64.2 cm³/mol. The number of hydrogen-bond acceptors (Lipinski definition) is 6. The summed E-state index contributed by atoms with van der Waals surface area (Å²) < 4.78 is 0. The summed E-state index contributed by atoms with van der Waals surface area (Å²) in [6, 6.07) is 3.21. The summed E-state index contributed by atoms with van der Waals surface area (Å²) in [4.78, 5) is 21.5. The van der Waals surface area contributed by atoms with Crippen molar-refractivity contribution in [3.8, 4) is 0 Å². The molecule has 0 bridgehead atoms. The first-order valence-electron chi connectivity index (χ1n) is 5.23. The third-order valence-electron chi connectivity index (χ3n) is 2.35. The lowest BCUT2D eigenvalue weighted by atomic mass is 10.2. The topological polar surface area (TPSA) is 113 Å². The van der Waals surface area contributed by atoms with Crippen LogP contribution in [0.25, 0.3) is 0 Å². The van der Waals surface area contributed by atoms with Crippen LogP contribution in [0.2, 0.25) is 0 Å². The summed E-state index contributed by atoms with van der Waals surface area (Å²) in [6.07, 6.45) is 2.92. The van der Waals surface area contributed by atoms with Gasteiger partial charge in [0.05, 0.1) is 6.54 Å². The van der Waals surface area contributed by atoms with Gasteiger partial charge in [0.1, 0.15) is 18.0 Å². The molecule has 2 aromatic rings. The van der Waals surface area contributed by atoms with Crippen LogP contribution in [0.15, 0.2) is 24.7 Å². The lowest BCUT2D eigenvalue weighted by molar-refractivity contribution is 0.0781. The van der Waals surface area contributed by atoms with Crippen LogP contribution in [0.1, 0.15) is 16.2 Å². The number of hydrazine groups is 1. The Hall–Kier alpha value is -2.48. The molecule has 18 heavy (non-hydrogen) atoms. The Morgan fingerprint density at radius 1 is 1.56 bits per heavy atom. The van der Waals surface area contributed by atoms with Gasteiger partial charge in [0.15, 0.2) is 0 Å². The quantitative estimate of drug-likeness (QED) is 0.507. The Kier molecular flexibility index (Phi) is 3.49. The Balaban J connectivity index is 2.10. The van der Waals surface area contributed by atoms with E-state index >= 15 is 0 Å². The Labute approximate surface area is 103 Å². The van der Waals surface area contributed by atoms with E-state index in [0.717, 1.165) is 0 Å². The van der Waals surface area contributed by atoms with Gasteiger partial charge in [-0.15, -0.1) is 0 Å². The number of pyridine rings is 1. The summed E-state index contributed by atoms with van der Waals surface area (Å²) >= 11 is 0. The van der Waals surface area contributed by atoms with Crippen molar-refractivity contribution in [1.29, 1.82) is 0 Å². The SMILES string of the molecule is CN(Cc1ncn[nH]1)C(=O)c1ccnc(NN)c1. The highest BCUT2D eigenvalue weighted by Crippen LogP contribution is 2.09. The van der Waals surface area contributed by atoms with Crippen LogP contribution in [0, 0.1) is 0 Å². The highest BCUT2D eigenvalue weighted by molar-refractivity contribution is 5.94. The van der Waals surface area contributed by atoms with E-state index in [1.54, 1.807) is 19.2 Å². The van der Waals surface area contributed by atoms with Crippen LogP contribution in [-0.4, -0.2) is 38.0 Å². The standard InChI is InChI=1S/C10H13N7O/c1-17(5-9-13-6-14-16-9)10(18)7-2-3-12-8(4-7)15-11/h2-4,6H,5,11H2,1H3,(H,12,15)(H,13,14,16). The number of amides is 1. The van der Waals surface area contributed by atoms with Gasteiger partial charge in [-0.05, 0) is 12.1 Å². The first-order chi connectivity index (χ1) is 8.70. The summed E-state index contributed by atoms with van der Waals surface area (Å²) in [5.74, 6) is 6.16. The number of aromatic amines is 1. The van der Waals surface area contributed by atoms with Crippen molar-refractivity contribution in [2.75, 3.05) is 12.5 Å². The second-order valence-corrected chi connectivity index (χ2v) is 3.67. The molecular weight excluding hydrogens is 234 g/mol. The van der Waals surface area contributed by atoms with E-state index in [2.05, 4.69) is 25.6 Å². The van der Waals surface area contributed by atoms with Gasteiger partial charge in [-0.1, -0.05) is 0 Å². The molecule has 0 fully saturated rings. The van der Waals surface area contributed by atoms with E-state index in [0.29, 0.717) is 23.8 Å². The van der Waals surface area contributed by atoms with Crippen LogP contribution in [0.3, 0.4) is 0 Å². The Morgan fingerprint density at radius 2 is 2.39 bits per heavy atom. The summed E-state index contributed by atoms with van der Waals surface area (Å²) in [5.41, 5.74) is 2.90. The molecule has 1 amide bonds. The van der Waals surface area contributed by atoms with E-state index in [-0.39, 0.29) is 5.91 Å². The zero-order valence-corrected chi connectivity index (χ0v) is 9.79. The largest absolute Gasteiger partial charge is 0.334 e. The van der Waals surface area contributed by atoms with Crippen LogP contribution in [0.4, 0.5) is 5.82 Å². The highest BCUT2D eigenvalue weighted by atomic mass is 16.2. The number of H-pyrrole nitrogens is 1. The van der Waals surface area contributed by atoms with Crippen LogP contribution in [-0.2, 0) is 6.54 Å². The molecule has 0 atom stereocenters. The number of carbonyl (C=O) groups excluding carboxylic acids is 1. The molecule has 0 saturated heterocycles. The second-order valence-electron chi connectivity index (χ2n) is 3.67. The number of nitrogen functional groups attached to an aromatic ring is 1. The van der Waals surface area contributed by atoms with E-state index in [4.69, 9.17) is 5.84 Å². The van der Waals surface area contributed by atoms with E-state index in [9.17, 15) is 4.79 Å². The molecule has 8 heteroatoms. The normalized spacial score (nSPS) is 10.1. The van der Waals surface area contributed by atoms with Gasteiger partial charge < -0.3 is 10.3 Å². The van der Waals surface area contributed by atoms with Crippen molar-refractivity contribution in [3.63, 3.8) is 0 Å². The Morgan fingerprint density at radius 3 is 3.06 bits per heavy atom. The fourth-order valence-corrected chi connectivity index (χ4v) is 1.47. The van der Waals surface area contributed by atoms with Gasteiger partial charge in [-0.2, -0.15) is 5.10 Å². The van der Waals surface area contributed by atoms with Gasteiger partial charge in [0.2, 0.25) is 0 Å². The molecule has 8 nitrogen and oxygen atoms in total. The first-order valence-corrected chi connectivity index (χ1v) is 5.23. The molecule has 0 aliphatic rings. The van der Waals surface area contributed by atoms with E-state index < -0.39 is 0 Å². The van der Waals surface area contributed by atoms with E-state index in [1.807, 2.05) is 0 Å². The fourth-order valence-electron chi connectivity index (χ4n) is 1.47. The number of carbonyl (C=O) groups is 1. The average molecular weight is 247 g/mol. The zero-order valence-electron chi connectivity index (χ0n) is 9.79. The summed E-state index contributed by atoms with van der Waals surface area (Å²) in [5, 5.41) is 6.42. The number of nitrogens with one attached hydrogen (secondary N) is 2. The molecule has 2 aromatic heterocycles. The molecular formula is C10H13N7O. The summed E-state index contributed by atoms with van der Waals surface area (Å²) in [7, 11) is 1.68. The molecule has 2 rings (SSSR count). The first kappa shape index (κ1) is 12.0. The van der Waals surface area contributed by atoms with E-state index in [1.165, 1.54) is 17.4 Å². The lowest BCUT2D eigenvalue weighted by Crippen LogP contribution is -2.27. The molecule has 94 valence electrons. The molecule has 0 unspecified atom stereocenters. The average Bonchev–Trinajstić information content (AvgIpc) is 2.90. The minimum absolute atomic E-state index is 0.148. The fraction of sp³-hybridized carbons (Fsp3) is 0.200. The molecule has 4 N–H and O–H groups in total. The number of hydrogen-bond donors (Lipinski definition) is 3. The van der Waals surface area contributed by atoms with Gasteiger partial charge in [-0.25, -0.2) is 15.8 Å². The van der Waals surface area contributed by atoms with Gasteiger partial charge in [-0.3, -0.25) is 9.89 Å². The van der Waals surface area contributed by atoms with Crippen molar-refractivity contribution in [3.05, 3.63) is 36.0 Å². The molecule has 0 aromatic carbocycles. The minimum Gasteiger partial charge on any atom is -0.334 e. The monoisotopic (exact) mass is 247 g/mol. The zero-order chi connectivity index (χ0) is 13.0. The minimum atomic E-state index is -0.148. The van der Waals surface area contributed by atoms with Crippen molar-refractivity contribution in [1.82, 2.24) is 25.1 Å². The molecule has 0 spiro atoms. The van der Waals surface area contributed by atoms with Gasteiger partial charge >= 0.3 is 0 Å². The van der Waals surface area contributed by atoms with Crippen LogP contribution in [0.5, 0.6) is 0 Å². The van der Waals surface area contributed by atoms with Crippen molar-refractivity contribution in [2.24, 2.45) is 5.84 Å². The maximum Gasteiger partial charge on any atom is 0.254 e. The van der Waals surface area contributed by atoms with Crippen molar-refractivity contribution < 1.29 is 4.79 Å². The predicted octanol–water partition coefficient (Wildman–Crippen LogP) is -0.242. The van der Waals surface area contributed by atoms with Gasteiger partial charge in [0, 0.05) is 18.8 Å². The van der Waals surface area contributed by atoms with Crippen molar-refractivity contribution >= 4 is 11.7 Å². The van der Waals surface area contributed by atoms with Crippen LogP contribution < -0.4 is 11.3 Å². The molecule has 0 aliphatic heterocycles. The Bertz CT molecular complexity index is 525. The number of rotatable bonds is 4. The molecule has 0 aliphatic carbocycles. The van der Waals surface area contributed by atoms with Gasteiger partial charge in [0.25, 0.3) is 5.91 Å². The third kappa shape index (κ3) is 2.61. The highest BCUT2D eigenvalue weighted by Gasteiger charge is 2.13. The number of anilines is 1.